The van der Waals surface area contributed by atoms with Gasteiger partial charge in [0, 0.05) is 11.8 Å². The summed E-state index contributed by atoms with van der Waals surface area (Å²) in [6, 6.07) is 14.6. The van der Waals surface area contributed by atoms with Gasteiger partial charge < -0.3 is 4.98 Å². The molecule has 0 aliphatic carbocycles. The summed E-state index contributed by atoms with van der Waals surface area (Å²) in [4.78, 5) is 3.12. The van der Waals surface area contributed by atoms with Gasteiger partial charge in [-0.2, -0.15) is 0 Å². The van der Waals surface area contributed by atoms with Gasteiger partial charge in [-0.25, -0.2) is 4.68 Å². The van der Waals surface area contributed by atoms with Gasteiger partial charge >= 0.3 is 0 Å². The molecule has 0 spiro atoms. The van der Waals surface area contributed by atoms with E-state index in [1.165, 1.54) is 16.7 Å². The maximum atomic E-state index is 5.42. The molecule has 2 N–H and O–H groups in total. The van der Waals surface area contributed by atoms with Crippen molar-refractivity contribution in [3.8, 4) is 11.3 Å². The van der Waals surface area contributed by atoms with E-state index in [2.05, 4.69) is 67.6 Å². The number of hydrogen-bond donors (Lipinski definition) is 2. The number of H-pyrrole nitrogens is 1. The number of nitrogens with one attached hydrogen (secondary N) is 2. The van der Waals surface area contributed by atoms with E-state index in [1.54, 1.807) is 0 Å². The van der Waals surface area contributed by atoms with E-state index in [0.717, 1.165) is 16.9 Å². The Kier molecular flexibility index (Phi) is 3.86. The van der Waals surface area contributed by atoms with E-state index < -0.39 is 0 Å². The maximum absolute atomic E-state index is 5.42. The molecule has 0 atom stereocenters. The van der Waals surface area contributed by atoms with Crippen LogP contribution >= 0.6 is 12.2 Å². The van der Waals surface area contributed by atoms with Gasteiger partial charge in [0.1, 0.15) is 0 Å². The zero-order valence-corrected chi connectivity index (χ0v) is 13.8. The molecule has 1 aromatic heterocycles. The van der Waals surface area contributed by atoms with Crippen LogP contribution in [-0.2, 0) is 0 Å². The van der Waals surface area contributed by atoms with Gasteiger partial charge in [-0.3, -0.25) is 5.43 Å². The third kappa shape index (κ3) is 2.70. The summed E-state index contributed by atoms with van der Waals surface area (Å²) in [5, 5.41) is 0. The zero-order chi connectivity index (χ0) is 15.7. The minimum Gasteiger partial charge on any atom is -0.335 e. The molecule has 0 saturated heterocycles. The van der Waals surface area contributed by atoms with Gasteiger partial charge in [0.05, 0.1) is 11.4 Å². The third-order valence-electron chi connectivity index (χ3n) is 3.96. The van der Waals surface area contributed by atoms with Crippen molar-refractivity contribution in [2.24, 2.45) is 0 Å². The van der Waals surface area contributed by atoms with Crippen molar-refractivity contribution in [1.29, 1.82) is 0 Å². The van der Waals surface area contributed by atoms with Crippen molar-refractivity contribution in [2.75, 3.05) is 5.43 Å². The molecule has 0 bridgehead atoms. The highest BCUT2D eigenvalue weighted by molar-refractivity contribution is 7.71. The van der Waals surface area contributed by atoms with E-state index >= 15 is 0 Å². The fourth-order valence-electron chi connectivity index (χ4n) is 2.41. The van der Waals surface area contributed by atoms with Crippen molar-refractivity contribution in [1.82, 2.24) is 9.66 Å². The molecule has 0 aliphatic heterocycles. The number of hydrogen-bond acceptors (Lipinski definition) is 2. The van der Waals surface area contributed by atoms with Crippen LogP contribution in [0.25, 0.3) is 11.3 Å². The lowest BCUT2D eigenvalue weighted by atomic mass is 10.1. The monoisotopic (exact) mass is 309 g/mol. The molecular formula is C18H19N3S. The standard InChI is InChI=1S/C18H19N3S/c1-12-7-9-15(10-8-12)17-11-19-18(22)21(17)20-16-6-4-5-13(2)14(16)3/h4-11,20H,1-3H3,(H,19,22). The van der Waals surface area contributed by atoms with E-state index in [0.29, 0.717) is 4.77 Å². The minimum absolute atomic E-state index is 0.650. The van der Waals surface area contributed by atoms with Crippen molar-refractivity contribution >= 4 is 17.9 Å². The Bertz CT molecular complexity index is 857. The SMILES string of the molecule is Cc1ccc(-c2c[nH]c(=S)n2Nc2cccc(C)c2C)cc1. The van der Waals surface area contributed by atoms with Crippen LogP contribution in [0.2, 0.25) is 0 Å². The van der Waals surface area contributed by atoms with Crippen molar-refractivity contribution in [3.63, 3.8) is 0 Å². The Morgan fingerprint density at radius 3 is 2.45 bits per heavy atom. The van der Waals surface area contributed by atoms with Gasteiger partial charge in [-0.05, 0) is 50.2 Å². The van der Waals surface area contributed by atoms with Crippen molar-refractivity contribution in [2.45, 2.75) is 20.8 Å². The smallest absolute Gasteiger partial charge is 0.196 e. The summed E-state index contributed by atoms with van der Waals surface area (Å²) in [5.74, 6) is 0. The van der Waals surface area contributed by atoms with Crippen LogP contribution in [0.1, 0.15) is 16.7 Å². The van der Waals surface area contributed by atoms with Gasteiger partial charge in [-0.15, -0.1) is 0 Å². The predicted octanol–water partition coefficient (Wildman–Crippen LogP) is 5.01. The second kappa shape index (κ2) is 5.81. The lowest BCUT2D eigenvalue weighted by Crippen LogP contribution is -2.12. The second-order valence-electron chi connectivity index (χ2n) is 5.54. The fourth-order valence-corrected chi connectivity index (χ4v) is 2.61. The normalized spacial score (nSPS) is 10.7. The number of rotatable bonds is 3. The van der Waals surface area contributed by atoms with Gasteiger partial charge in [0.15, 0.2) is 4.77 Å². The number of benzene rings is 2. The largest absolute Gasteiger partial charge is 0.335 e. The number of imidazole rings is 1. The second-order valence-corrected chi connectivity index (χ2v) is 5.93. The molecule has 0 fully saturated rings. The van der Waals surface area contributed by atoms with Crippen LogP contribution in [-0.4, -0.2) is 9.66 Å². The van der Waals surface area contributed by atoms with Gasteiger partial charge in [0.2, 0.25) is 0 Å². The zero-order valence-electron chi connectivity index (χ0n) is 13.0. The van der Waals surface area contributed by atoms with E-state index in [-0.39, 0.29) is 0 Å². The molecule has 112 valence electrons. The lowest BCUT2D eigenvalue weighted by Gasteiger charge is -2.15. The van der Waals surface area contributed by atoms with Crippen LogP contribution in [0.5, 0.6) is 0 Å². The third-order valence-corrected chi connectivity index (χ3v) is 4.26. The highest BCUT2D eigenvalue weighted by Crippen LogP contribution is 2.23. The average molecular weight is 309 g/mol. The Balaban J connectivity index is 2.05. The summed E-state index contributed by atoms with van der Waals surface area (Å²) in [6.45, 7) is 6.30. The Hall–Kier alpha value is -2.33. The van der Waals surface area contributed by atoms with Crippen molar-refractivity contribution in [3.05, 3.63) is 70.1 Å². The van der Waals surface area contributed by atoms with Crippen LogP contribution < -0.4 is 5.43 Å². The molecule has 0 saturated carbocycles. The first-order valence-electron chi connectivity index (χ1n) is 7.27. The topological polar surface area (TPSA) is 32.8 Å². The number of aromatic amines is 1. The summed E-state index contributed by atoms with van der Waals surface area (Å²) in [6.07, 6.45) is 1.94. The molecule has 1 heterocycles. The molecule has 3 aromatic rings. The lowest BCUT2D eigenvalue weighted by molar-refractivity contribution is 0.938. The molecule has 0 aliphatic rings. The first-order chi connectivity index (χ1) is 10.6. The van der Waals surface area contributed by atoms with Crippen LogP contribution in [0.3, 0.4) is 0 Å². The Morgan fingerprint density at radius 1 is 1.00 bits per heavy atom. The van der Waals surface area contributed by atoms with Crippen LogP contribution in [0.4, 0.5) is 5.69 Å². The molecule has 3 rings (SSSR count). The van der Waals surface area contributed by atoms with Crippen LogP contribution in [0, 0.1) is 25.5 Å². The first-order valence-corrected chi connectivity index (χ1v) is 7.68. The molecule has 0 unspecified atom stereocenters. The fraction of sp³-hybridized carbons (Fsp3) is 0.167. The highest BCUT2D eigenvalue weighted by Gasteiger charge is 2.08. The van der Waals surface area contributed by atoms with E-state index in [1.807, 2.05) is 16.9 Å². The maximum Gasteiger partial charge on any atom is 0.196 e. The van der Waals surface area contributed by atoms with E-state index in [4.69, 9.17) is 12.2 Å². The quantitative estimate of drug-likeness (QED) is 0.666. The minimum atomic E-state index is 0.650. The molecule has 4 heteroatoms. The summed E-state index contributed by atoms with van der Waals surface area (Å²) in [5.41, 5.74) is 10.3. The first kappa shape index (κ1) is 14.6. The summed E-state index contributed by atoms with van der Waals surface area (Å²) < 4.78 is 2.57. The van der Waals surface area contributed by atoms with Crippen LogP contribution in [0.15, 0.2) is 48.7 Å². The van der Waals surface area contributed by atoms with Gasteiger partial charge in [-0.1, -0.05) is 42.0 Å². The number of aryl methyl sites for hydroxylation is 2. The number of nitrogens with zero attached hydrogens (tertiary/aromatic N) is 1. The Morgan fingerprint density at radius 2 is 1.73 bits per heavy atom. The molecule has 0 radical (unpaired) electrons. The molecular weight excluding hydrogens is 290 g/mol. The number of anilines is 1. The molecule has 2 aromatic carbocycles. The van der Waals surface area contributed by atoms with Gasteiger partial charge in [0.25, 0.3) is 0 Å². The van der Waals surface area contributed by atoms with Crippen molar-refractivity contribution < 1.29 is 0 Å². The number of aromatic nitrogens is 2. The predicted molar refractivity (Wildman–Crippen MR) is 94.7 cm³/mol. The summed E-state index contributed by atoms with van der Waals surface area (Å²) in [7, 11) is 0. The summed E-state index contributed by atoms with van der Waals surface area (Å²) >= 11 is 5.42. The Labute approximate surface area is 135 Å². The average Bonchev–Trinajstić information content (AvgIpc) is 2.86. The molecule has 0 amide bonds. The van der Waals surface area contributed by atoms with E-state index in [9.17, 15) is 0 Å². The molecule has 3 nitrogen and oxygen atoms in total. The highest BCUT2D eigenvalue weighted by atomic mass is 32.1. The molecule has 22 heavy (non-hydrogen) atoms.